The van der Waals surface area contributed by atoms with E-state index < -0.39 is 12.9 Å². The average Bonchev–Trinajstić information content (AvgIpc) is 2.02. The zero-order valence-electron chi connectivity index (χ0n) is 47.0. The maximum Gasteiger partial charge on any atom is 0.491 e. The van der Waals surface area contributed by atoms with Crippen molar-refractivity contribution in [3.8, 4) is 33.4 Å². The summed E-state index contributed by atoms with van der Waals surface area (Å²) in [6, 6.07) is 65.8. The van der Waals surface area contributed by atoms with Crippen LogP contribution in [-0.2, 0) is 20.8 Å². The number of nitrogens with one attached hydrogen (secondary N) is 3. The summed E-state index contributed by atoms with van der Waals surface area (Å²) in [5, 5.41) is 26.4. The van der Waals surface area contributed by atoms with Gasteiger partial charge in [-0.05, 0) is 106 Å². The molecule has 86 heavy (non-hydrogen) atoms. The van der Waals surface area contributed by atoms with E-state index >= 15 is 0 Å². The summed E-state index contributed by atoms with van der Waals surface area (Å²) < 4.78 is 69.8. The molecule has 10 aromatic carbocycles. The predicted octanol–water partition coefficient (Wildman–Crippen LogP) is 15.8. The molecule has 11 aromatic rings. The number of fused-ring (bicyclic) bond motifs is 6. The fourth-order valence-electron chi connectivity index (χ4n) is 9.29. The van der Waals surface area contributed by atoms with E-state index in [1.807, 2.05) is 84.9 Å². The molecule has 1 aliphatic carbocycles. The molecule has 0 bridgehead atoms. The van der Waals surface area contributed by atoms with E-state index in [0.29, 0.717) is 44.5 Å². The molecule has 0 radical (unpaired) electrons. The molecule has 1 heterocycles. The van der Waals surface area contributed by atoms with E-state index in [-0.39, 0.29) is 52.4 Å². The molecule has 0 saturated heterocycles. The molecule has 434 valence electrons. The van der Waals surface area contributed by atoms with Gasteiger partial charge in [-0.25, -0.2) is 22.0 Å². The fraction of sp³-hybridized carbons (Fsp3) is 0.0725. The predicted molar refractivity (Wildman–Crippen MR) is 337 cm³/mol. The van der Waals surface area contributed by atoms with E-state index in [1.54, 1.807) is 95.6 Å². The highest BCUT2D eigenvalue weighted by molar-refractivity contribution is 9.10. The number of hydrogen-bond donors (Lipinski definition) is 5. The van der Waals surface area contributed by atoms with Gasteiger partial charge in [0.05, 0.1) is 16.7 Å². The van der Waals surface area contributed by atoms with Crippen molar-refractivity contribution in [2.75, 3.05) is 16.0 Å². The van der Waals surface area contributed by atoms with Gasteiger partial charge in [0.1, 0.15) is 29.1 Å². The van der Waals surface area contributed by atoms with Gasteiger partial charge in [-0.3, -0.25) is 23.7 Å². The molecule has 0 spiro atoms. The van der Waals surface area contributed by atoms with Crippen molar-refractivity contribution in [2.45, 2.75) is 34.1 Å². The third-order valence-corrected chi connectivity index (χ3v) is 13.6. The maximum atomic E-state index is 13.9. The van der Waals surface area contributed by atoms with Gasteiger partial charge in [0.15, 0.2) is 0 Å². The Bertz CT molecular complexity index is 4100. The molecule has 12 rings (SSSR count). The van der Waals surface area contributed by atoms with E-state index in [2.05, 4.69) is 37.9 Å². The summed E-state index contributed by atoms with van der Waals surface area (Å²) >= 11 is 3.31. The van der Waals surface area contributed by atoms with Crippen LogP contribution in [0.5, 0.6) is 0 Å². The lowest BCUT2D eigenvalue weighted by atomic mass is 9.80. The normalized spacial score (nSPS) is 10.5. The molecule has 17 heteroatoms. The molecular formula is C69H57BBrF5N4O6. The fourth-order valence-corrected chi connectivity index (χ4v) is 9.67. The van der Waals surface area contributed by atoms with Gasteiger partial charge in [-0.15, -0.1) is 0 Å². The third-order valence-electron chi connectivity index (χ3n) is 12.9. The second kappa shape index (κ2) is 30.7. The largest absolute Gasteiger partial charge is 0.491 e. The summed E-state index contributed by atoms with van der Waals surface area (Å²) in [7, 11) is -1.72. The molecule has 1 aromatic heterocycles. The molecular weight excluding hydrogens is 1170 g/mol. The minimum absolute atomic E-state index is 0.0584. The molecule has 0 atom stereocenters. The monoisotopic (exact) mass is 1220 g/mol. The summed E-state index contributed by atoms with van der Waals surface area (Å²) in [5.74, 6) is -2.11. The number of carbonyl (C=O) groups is 4. The number of rotatable bonds is 6. The van der Waals surface area contributed by atoms with Crippen LogP contribution in [0.15, 0.2) is 235 Å². The lowest BCUT2D eigenvalue weighted by molar-refractivity contribution is -0.115. The third kappa shape index (κ3) is 16.7. The Kier molecular flexibility index (Phi) is 22.7. The van der Waals surface area contributed by atoms with E-state index in [1.165, 1.54) is 81.8 Å². The van der Waals surface area contributed by atoms with Gasteiger partial charge >= 0.3 is 7.12 Å². The number of anilines is 3. The van der Waals surface area contributed by atoms with Crippen molar-refractivity contribution in [3.63, 3.8) is 0 Å². The molecule has 10 nitrogen and oxygen atoms in total. The van der Waals surface area contributed by atoms with Crippen LogP contribution < -0.4 is 21.4 Å². The topological polar surface area (TPSA) is 150 Å². The van der Waals surface area contributed by atoms with E-state index in [9.17, 15) is 41.1 Å². The van der Waals surface area contributed by atoms with Crippen LogP contribution in [-0.4, -0.2) is 45.4 Å². The van der Waals surface area contributed by atoms with Gasteiger partial charge in [0, 0.05) is 87.6 Å². The molecule has 5 N–H and O–H groups in total. The Morgan fingerprint density at radius 2 is 0.802 bits per heavy atom. The SMILES string of the molecule is CC(=O)Nc1ccccc1-c1ccccc1F.CC(=O)Nc1ccccc1-c1ccccc1F.CC(=O)Nc1ccccc1Br.CC(=O)n1c2ccccc2c2c(F)cccc21.Fc1cccc2c1-c1ccccc1C2.OB(O)c1ccccc1F. The Hall–Kier alpha value is -9.81. The van der Waals surface area contributed by atoms with Crippen molar-refractivity contribution in [1.29, 1.82) is 0 Å². The molecule has 0 unspecified atom stereocenters. The van der Waals surface area contributed by atoms with Crippen LogP contribution in [0.1, 0.15) is 43.6 Å². The first-order valence-corrected chi connectivity index (χ1v) is 27.5. The number of nitrogens with zero attached hydrogens (tertiary/aromatic N) is 1. The Morgan fingerprint density at radius 3 is 1.31 bits per heavy atom. The van der Waals surface area contributed by atoms with Gasteiger partial charge in [-0.2, -0.15) is 0 Å². The van der Waals surface area contributed by atoms with Crippen molar-refractivity contribution in [1.82, 2.24) is 4.57 Å². The summed E-state index contributed by atoms with van der Waals surface area (Å²) in [5.41, 5.74) is 9.83. The first kappa shape index (κ1) is 63.8. The smallest absolute Gasteiger partial charge is 0.423 e. The van der Waals surface area contributed by atoms with Crippen molar-refractivity contribution < 1.29 is 51.2 Å². The minimum atomic E-state index is -1.72. The van der Waals surface area contributed by atoms with Gasteiger partial charge < -0.3 is 26.0 Å². The van der Waals surface area contributed by atoms with Crippen LogP contribution in [0.25, 0.3) is 55.2 Å². The maximum absolute atomic E-state index is 13.9. The van der Waals surface area contributed by atoms with Crippen LogP contribution in [0.3, 0.4) is 0 Å². The number of hydrogen-bond acceptors (Lipinski definition) is 6. The number of carbonyl (C=O) groups excluding carboxylic acids is 4. The van der Waals surface area contributed by atoms with E-state index in [4.69, 9.17) is 10.0 Å². The van der Waals surface area contributed by atoms with Crippen LogP contribution in [0, 0.1) is 29.1 Å². The lowest BCUT2D eigenvalue weighted by Gasteiger charge is -2.10. The standard InChI is InChI=1S/C14H10FNO.2C14H12FNO.C13H9F.C8H8BrNO.C6H6BFO2/c1-9(17)16-12-7-3-2-5-10(12)14-11(15)6-4-8-13(14)16;2*1-10(17)16-14-9-5-3-7-12(14)11-6-2-4-8-13(11)15;14-12-7-3-5-10-8-9-4-1-2-6-11(9)13(10)12;1-6(11)10-8-5-3-2-4-7(8)9;8-6-4-2-1-3-5(6)7(9)10/h2-8H,1H3;2*2-9H,1H3,(H,16,17);1-7H,8H2;2-5H,1H3,(H,10,11);1-4,9-10H. The second-order valence-corrected chi connectivity index (χ2v) is 19.9. The minimum Gasteiger partial charge on any atom is -0.423 e. The van der Waals surface area contributed by atoms with Crippen LogP contribution >= 0.6 is 15.9 Å². The Balaban J connectivity index is 0.000000149. The summed E-state index contributed by atoms with van der Waals surface area (Å²) in [4.78, 5) is 44.5. The van der Waals surface area contributed by atoms with Crippen molar-refractivity contribution in [2.24, 2.45) is 0 Å². The number of amides is 3. The van der Waals surface area contributed by atoms with Gasteiger partial charge in [0.2, 0.25) is 23.6 Å². The van der Waals surface area contributed by atoms with Gasteiger partial charge in [-0.1, -0.05) is 164 Å². The second-order valence-electron chi connectivity index (χ2n) is 19.1. The van der Waals surface area contributed by atoms with Gasteiger partial charge in [0.25, 0.3) is 0 Å². The van der Waals surface area contributed by atoms with Crippen molar-refractivity contribution >= 4 is 91.0 Å². The summed E-state index contributed by atoms with van der Waals surface area (Å²) in [6.07, 6.45) is 0.864. The summed E-state index contributed by atoms with van der Waals surface area (Å²) in [6.45, 7) is 5.83. The Labute approximate surface area is 502 Å². The average molecular weight is 1220 g/mol. The zero-order chi connectivity index (χ0) is 61.9. The first-order valence-electron chi connectivity index (χ1n) is 26.7. The quantitative estimate of drug-likeness (QED) is 0.0827. The van der Waals surface area contributed by atoms with Crippen LogP contribution in [0.2, 0.25) is 0 Å². The number of aromatic nitrogens is 1. The number of halogens is 6. The zero-order valence-corrected chi connectivity index (χ0v) is 48.6. The Morgan fingerprint density at radius 1 is 0.407 bits per heavy atom. The molecule has 1 aliphatic rings. The van der Waals surface area contributed by atoms with E-state index in [0.717, 1.165) is 44.2 Å². The van der Waals surface area contributed by atoms with Crippen LogP contribution in [0.4, 0.5) is 39.0 Å². The first-order chi connectivity index (χ1) is 41.3. The highest BCUT2D eigenvalue weighted by atomic mass is 79.9. The lowest BCUT2D eigenvalue weighted by Crippen LogP contribution is -2.32. The molecule has 3 amide bonds. The molecule has 0 saturated carbocycles. The highest BCUT2D eigenvalue weighted by Crippen LogP contribution is 2.38. The number of para-hydroxylation sites is 4. The highest BCUT2D eigenvalue weighted by Gasteiger charge is 2.21. The molecule has 0 fully saturated rings. The molecule has 0 aliphatic heterocycles. The number of benzene rings is 10. The van der Waals surface area contributed by atoms with Crippen molar-refractivity contribution in [3.05, 3.63) is 275 Å².